The van der Waals surface area contributed by atoms with Crippen LogP contribution in [0.3, 0.4) is 0 Å². The van der Waals surface area contributed by atoms with Gasteiger partial charge in [-0.25, -0.2) is 13.8 Å². The van der Waals surface area contributed by atoms with Crippen molar-refractivity contribution in [2.45, 2.75) is 0 Å². The number of rotatable bonds is 1. The van der Waals surface area contributed by atoms with E-state index >= 15 is 0 Å². The summed E-state index contributed by atoms with van der Waals surface area (Å²) in [6.45, 7) is 0. The van der Waals surface area contributed by atoms with E-state index in [1.807, 2.05) is 0 Å². The average molecular weight is 291 g/mol. The van der Waals surface area contributed by atoms with E-state index in [0.717, 1.165) is 4.57 Å². The average Bonchev–Trinajstić information content (AvgIpc) is 2.42. The first-order valence-electron chi connectivity index (χ1n) is 5.77. The summed E-state index contributed by atoms with van der Waals surface area (Å²) in [5.74, 6) is -0.443. The van der Waals surface area contributed by atoms with E-state index in [2.05, 4.69) is 4.98 Å². The van der Waals surface area contributed by atoms with Crippen molar-refractivity contribution in [3.05, 3.63) is 74.1 Å². The van der Waals surface area contributed by atoms with Crippen molar-refractivity contribution < 1.29 is 4.39 Å². The van der Waals surface area contributed by atoms with Crippen molar-refractivity contribution in [3.63, 3.8) is 0 Å². The molecule has 1 aromatic heterocycles. The SMILES string of the molecule is O=c1[nH]c2c(Cl)cccc2c(=O)n1-c1ccc(F)cc1. The summed E-state index contributed by atoms with van der Waals surface area (Å²) in [5.41, 5.74) is -0.540. The number of aromatic nitrogens is 2. The van der Waals surface area contributed by atoms with Crippen LogP contribution in [0.5, 0.6) is 0 Å². The van der Waals surface area contributed by atoms with Crippen molar-refractivity contribution in [1.29, 1.82) is 0 Å². The van der Waals surface area contributed by atoms with Gasteiger partial charge in [0.15, 0.2) is 0 Å². The predicted octanol–water partition coefficient (Wildman–Crippen LogP) is 2.47. The fourth-order valence-electron chi connectivity index (χ4n) is 2.03. The van der Waals surface area contributed by atoms with Crippen LogP contribution in [0.1, 0.15) is 0 Å². The Hall–Kier alpha value is -2.40. The van der Waals surface area contributed by atoms with Gasteiger partial charge in [0, 0.05) is 0 Å². The quantitative estimate of drug-likeness (QED) is 0.748. The smallest absolute Gasteiger partial charge is 0.305 e. The number of nitrogens with zero attached hydrogens (tertiary/aromatic N) is 1. The van der Waals surface area contributed by atoms with Crippen LogP contribution in [0.25, 0.3) is 16.6 Å². The van der Waals surface area contributed by atoms with Crippen LogP contribution in [0.15, 0.2) is 52.1 Å². The Morgan fingerprint density at radius 1 is 1.05 bits per heavy atom. The Bertz CT molecular complexity index is 913. The van der Waals surface area contributed by atoms with Crippen molar-refractivity contribution in [2.75, 3.05) is 0 Å². The molecule has 20 heavy (non-hydrogen) atoms. The first-order chi connectivity index (χ1) is 9.58. The predicted molar refractivity (Wildman–Crippen MR) is 75.1 cm³/mol. The lowest BCUT2D eigenvalue weighted by Gasteiger charge is -2.07. The molecule has 1 N–H and O–H groups in total. The molecule has 0 aliphatic carbocycles. The van der Waals surface area contributed by atoms with Crippen LogP contribution in [0, 0.1) is 5.82 Å². The maximum absolute atomic E-state index is 12.9. The minimum atomic E-state index is -0.623. The van der Waals surface area contributed by atoms with Gasteiger partial charge >= 0.3 is 5.69 Å². The van der Waals surface area contributed by atoms with Gasteiger partial charge in [-0.1, -0.05) is 17.7 Å². The highest BCUT2D eigenvalue weighted by Crippen LogP contribution is 2.17. The summed E-state index contributed by atoms with van der Waals surface area (Å²) in [5, 5.41) is 0.587. The van der Waals surface area contributed by atoms with Gasteiger partial charge in [0.2, 0.25) is 0 Å². The van der Waals surface area contributed by atoms with E-state index in [0.29, 0.717) is 21.6 Å². The largest absolute Gasteiger partial charge is 0.333 e. The maximum atomic E-state index is 12.9. The standard InChI is InChI=1S/C14H8ClFN2O2/c15-11-3-1-2-10-12(11)17-14(20)18(13(10)19)9-6-4-8(16)5-7-9/h1-7H,(H,17,20). The maximum Gasteiger partial charge on any atom is 0.333 e. The van der Waals surface area contributed by atoms with Gasteiger partial charge in [-0.2, -0.15) is 0 Å². The van der Waals surface area contributed by atoms with Gasteiger partial charge in [0.25, 0.3) is 5.56 Å². The zero-order valence-electron chi connectivity index (χ0n) is 10.1. The molecule has 0 fully saturated rings. The summed E-state index contributed by atoms with van der Waals surface area (Å²) in [6, 6.07) is 9.87. The Morgan fingerprint density at radius 3 is 2.45 bits per heavy atom. The summed E-state index contributed by atoms with van der Waals surface area (Å²) in [6.07, 6.45) is 0. The number of fused-ring (bicyclic) bond motifs is 1. The number of hydrogen-bond donors (Lipinski definition) is 1. The zero-order valence-corrected chi connectivity index (χ0v) is 10.8. The molecule has 3 aromatic rings. The van der Waals surface area contributed by atoms with Gasteiger partial charge in [0.05, 0.1) is 21.6 Å². The van der Waals surface area contributed by atoms with Gasteiger partial charge in [-0.15, -0.1) is 0 Å². The molecule has 0 bridgehead atoms. The molecule has 0 atom stereocenters. The number of benzene rings is 2. The number of para-hydroxylation sites is 1. The number of halogens is 2. The molecule has 0 spiro atoms. The first kappa shape index (κ1) is 12.6. The van der Waals surface area contributed by atoms with E-state index in [-0.39, 0.29) is 0 Å². The van der Waals surface area contributed by atoms with E-state index in [9.17, 15) is 14.0 Å². The lowest BCUT2D eigenvalue weighted by atomic mass is 10.2. The minimum absolute atomic E-state index is 0.291. The molecule has 3 rings (SSSR count). The Labute approximate surface area is 117 Å². The van der Waals surface area contributed by atoms with E-state index < -0.39 is 17.1 Å². The summed E-state index contributed by atoms with van der Waals surface area (Å²) >= 11 is 5.95. The fourth-order valence-corrected chi connectivity index (χ4v) is 2.25. The molecule has 0 amide bonds. The number of aromatic amines is 1. The second-order valence-electron chi connectivity index (χ2n) is 4.21. The van der Waals surface area contributed by atoms with Crippen LogP contribution in [0.4, 0.5) is 4.39 Å². The third-order valence-electron chi connectivity index (χ3n) is 2.97. The molecule has 0 aliphatic heterocycles. The highest BCUT2D eigenvalue weighted by atomic mass is 35.5. The van der Waals surface area contributed by atoms with Gasteiger partial charge < -0.3 is 4.98 Å². The van der Waals surface area contributed by atoms with Crippen LogP contribution in [0.2, 0.25) is 5.02 Å². The summed E-state index contributed by atoms with van der Waals surface area (Å²) in [4.78, 5) is 27.0. The fraction of sp³-hybridized carbons (Fsp3) is 0. The van der Waals surface area contributed by atoms with Crippen molar-refractivity contribution >= 4 is 22.5 Å². The molecule has 0 radical (unpaired) electrons. The second-order valence-corrected chi connectivity index (χ2v) is 4.62. The van der Waals surface area contributed by atoms with Gasteiger partial charge in [-0.3, -0.25) is 4.79 Å². The highest BCUT2D eigenvalue weighted by molar-refractivity contribution is 6.34. The normalized spacial score (nSPS) is 10.9. The molecule has 0 saturated carbocycles. The lowest BCUT2D eigenvalue weighted by Crippen LogP contribution is -2.33. The highest BCUT2D eigenvalue weighted by Gasteiger charge is 2.11. The molecular weight excluding hydrogens is 283 g/mol. The van der Waals surface area contributed by atoms with Crippen LogP contribution in [-0.4, -0.2) is 9.55 Å². The van der Waals surface area contributed by atoms with Gasteiger partial charge in [0.1, 0.15) is 5.82 Å². The molecule has 6 heteroatoms. The number of hydrogen-bond acceptors (Lipinski definition) is 2. The molecule has 100 valence electrons. The van der Waals surface area contributed by atoms with Crippen LogP contribution in [-0.2, 0) is 0 Å². The molecule has 0 unspecified atom stereocenters. The second kappa shape index (κ2) is 4.61. The topological polar surface area (TPSA) is 54.9 Å². The third kappa shape index (κ3) is 1.92. The van der Waals surface area contributed by atoms with Crippen molar-refractivity contribution in [3.8, 4) is 5.69 Å². The molecule has 1 heterocycles. The molecule has 0 aliphatic rings. The molecule has 0 saturated heterocycles. The summed E-state index contributed by atoms with van der Waals surface area (Å²) in [7, 11) is 0. The van der Waals surface area contributed by atoms with E-state index in [4.69, 9.17) is 11.6 Å². The van der Waals surface area contributed by atoms with Crippen molar-refractivity contribution in [1.82, 2.24) is 9.55 Å². The van der Waals surface area contributed by atoms with Crippen molar-refractivity contribution in [2.24, 2.45) is 0 Å². The minimum Gasteiger partial charge on any atom is -0.305 e. The Balaban J connectivity index is 2.41. The third-order valence-corrected chi connectivity index (χ3v) is 3.28. The van der Waals surface area contributed by atoms with E-state index in [1.165, 1.54) is 24.3 Å². The first-order valence-corrected chi connectivity index (χ1v) is 6.15. The Kier molecular flexibility index (Phi) is 2.91. The zero-order chi connectivity index (χ0) is 14.3. The van der Waals surface area contributed by atoms with Crippen LogP contribution >= 0.6 is 11.6 Å². The summed E-state index contributed by atoms with van der Waals surface area (Å²) < 4.78 is 13.9. The van der Waals surface area contributed by atoms with Crippen LogP contribution < -0.4 is 11.2 Å². The van der Waals surface area contributed by atoms with Gasteiger partial charge in [-0.05, 0) is 36.4 Å². The van der Waals surface area contributed by atoms with E-state index in [1.54, 1.807) is 18.2 Å². The number of H-pyrrole nitrogens is 1. The molecular formula is C14H8ClFN2O2. The number of nitrogens with one attached hydrogen (secondary N) is 1. The molecule has 4 nitrogen and oxygen atoms in total. The monoisotopic (exact) mass is 290 g/mol. The molecule has 2 aromatic carbocycles. The Morgan fingerprint density at radius 2 is 1.75 bits per heavy atom. The lowest BCUT2D eigenvalue weighted by molar-refractivity contribution is 0.627.